The molecule has 1 amide bonds. The van der Waals surface area contributed by atoms with Crippen molar-refractivity contribution in [2.24, 2.45) is 0 Å². The molecule has 8 heteroatoms. The quantitative estimate of drug-likeness (QED) is 0.807. The summed E-state index contributed by atoms with van der Waals surface area (Å²) >= 11 is 1.67. The summed E-state index contributed by atoms with van der Waals surface area (Å²) in [4.78, 5) is 14.6. The number of thioether (sulfide) groups is 1. The van der Waals surface area contributed by atoms with Crippen LogP contribution in [-0.4, -0.2) is 49.6 Å². The highest BCUT2D eigenvalue weighted by Gasteiger charge is 2.35. The maximum Gasteiger partial charge on any atom is 0.277 e. The number of hydrogen-bond acceptors (Lipinski definition) is 7. The summed E-state index contributed by atoms with van der Waals surface area (Å²) in [7, 11) is 4.75. The highest BCUT2D eigenvalue weighted by atomic mass is 32.2. The van der Waals surface area contributed by atoms with Gasteiger partial charge in [0.15, 0.2) is 17.2 Å². The summed E-state index contributed by atoms with van der Waals surface area (Å²) in [5.74, 6) is 3.09. The summed E-state index contributed by atoms with van der Waals surface area (Å²) < 4.78 is 21.3. The largest absolute Gasteiger partial charge is 0.496 e. The Hall–Kier alpha value is -2.35. The minimum atomic E-state index is -0.195. The van der Waals surface area contributed by atoms with Crippen molar-refractivity contribution in [3.63, 3.8) is 0 Å². The fraction of sp³-hybridized carbons (Fsp3) is 0.412. The minimum Gasteiger partial charge on any atom is -0.496 e. The van der Waals surface area contributed by atoms with E-state index >= 15 is 0 Å². The van der Waals surface area contributed by atoms with Crippen molar-refractivity contribution in [1.82, 2.24) is 10.1 Å². The Morgan fingerprint density at radius 2 is 1.84 bits per heavy atom. The summed E-state index contributed by atoms with van der Waals surface area (Å²) in [6.07, 6.45) is 0. The van der Waals surface area contributed by atoms with Gasteiger partial charge in [-0.25, -0.2) is 0 Å². The fourth-order valence-electron chi connectivity index (χ4n) is 2.80. The van der Waals surface area contributed by atoms with E-state index in [4.69, 9.17) is 18.7 Å². The molecule has 1 aromatic carbocycles. The van der Waals surface area contributed by atoms with Gasteiger partial charge in [-0.1, -0.05) is 5.16 Å². The molecule has 0 saturated carbocycles. The lowest BCUT2D eigenvalue weighted by atomic mass is 10.1. The molecule has 0 aliphatic carbocycles. The van der Waals surface area contributed by atoms with E-state index in [1.165, 1.54) is 0 Å². The van der Waals surface area contributed by atoms with Gasteiger partial charge in [0, 0.05) is 30.0 Å². The molecule has 0 radical (unpaired) electrons. The molecule has 0 spiro atoms. The molecule has 1 aliphatic heterocycles. The lowest BCUT2D eigenvalue weighted by Gasteiger charge is -2.25. The third kappa shape index (κ3) is 3.26. The Bertz CT molecular complexity index is 776. The maximum absolute atomic E-state index is 12.8. The number of hydrogen-bond donors (Lipinski definition) is 0. The van der Waals surface area contributed by atoms with E-state index in [-0.39, 0.29) is 11.3 Å². The van der Waals surface area contributed by atoms with Gasteiger partial charge in [0.25, 0.3) is 5.91 Å². The van der Waals surface area contributed by atoms with E-state index in [0.717, 1.165) is 11.3 Å². The molecule has 3 rings (SSSR count). The second kappa shape index (κ2) is 7.26. The van der Waals surface area contributed by atoms with Gasteiger partial charge in [0.1, 0.15) is 16.9 Å². The first-order valence-electron chi connectivity index (χ1n) is 7.74. The van der Waals surface area contributed by atoms with Crippen LogP contribution in [0, 0.1) is 6.92 Å². The summed E-state index contributed by atoms with van der Waals surface area (Å²) in [5.41, 5.74) is 1.17. The SMILES string of the molecule is COc1cc(OC)c(C2SCCN2C(=O)c2cc(C)on2)cc1OC. The van der Waals surface area contributed by atoms with Crippen molar-refractivity contribution in [3.8, 4) is 17.2 Å². The number of carbonyl (C=O) groups excluding carboxylic acids is 1. The predicted octanol–water partition coefficient (Wildman–Crippen LogP) is 2.90. The van der Waals surface area contributed by atoms with Gasteiger partial charge in [-0.05, 0) is 13.0 Å². The summed E-state index contributed by atoms with van der Waals surface area (Å²) in [6, 6.07) is 5.28. The number of methoxy groups -OCH3 is 3. The molecule has 1 aromatic heterocycles. The lowest BCUT2D eigenvalue weighted by Crippen LogP contribution is -2.30. The zero-order valence-corrected chi connectivity index (χ0v) is 15.4. The molecule has 1 atom stereocenters. The molecule has 1 unspecified atom stereocenters. The molecular weight excluding hydrogens is 344 g/mol. The van der Waals surface area contributed by atoms with E-state index in [9.17, 15) is 4.79 Å². The maximum atomic E-state index is 12.8. The first-order valence-corrected chi connectivity index (χ1v) is 8.79. The second-order valence-electron chi connectivity index (χ2n) is 5.49. The Morgan fingerprint density at radius 1 is 1.16 bits per heavy atom. The summed E-state index contributed by atoms with van der Waals surface area (Å²) in [5, 5.41) is 3.65. The average molecular weight is 364 g/mol. The zero-order valence-electron chi connectivity index (χ0n) is 14.6. The third-order valence-corrected chi connectivity index (χ3v) is 5.24. The van der Waals surface area contributed by atoms with E-state index in [0.29, 0.717) is 35.2 Å². The van der Waals surface area contributed by atoms with Gasteiger partial charge in [0.05, 0.1) is 21.3 Å². The van der Waals surface area contributed by atoms with Crippen molar-refractivity contribution in [1.29, 1.82) is 0 Å². The van der Waals surface area contributed by atoms with Crippen LogP contribution in [0.2, 0.25) is 0 Å². The third-order valence-electron chi connectivity index (χ3n) is 4.00. The van der Waals surface area contributed by atoms with Crippen molar-refractivity contribution >= 4 is 17.7 Å². The molecule has 25 heavy (non-hydrogen) atoms. The monoisotopic (exact) mass is 364 g/mol. The van der Waals surface area contributed by atoms with Crippen molar-refractivity contribution in [3.05, 3.63) is 35.2 Å². The van der Waals surface area contributed by atoms with Crippen LogP contribution in [-0.2, 0) is 0 Å². The Morgan fingerprint density at radius 3 is 2.44 bits per heavy atom. The van der Waals surface area contributed by atoms with Crippen LogP contribution in [0.4, 0.5) is 0 Å². The van der Waals surface area contributed by atoms with Crippen LogP contribution in [0.1, 0.15) is 27.2 Å². The topological polar surface area (TPSA) is 74.0 Å². The lowest BCUT2D eigenvalue weighted by molar-refractivity contribution is 0.0748. The van der Waals surface area contributed by atoms with Crippen LogP contribution < -0.4 is 14.2 Å². The number of benzene rings is 1. The molecule has 134 valence electrons. The van der Waals surface area contributed by atoms with E-state index in [2.05, 4.69) is 5.16 Å². The van der Waals surface area contributed by atoms with Crippen LogP contribution >= 0.6 is 11.8 Å². The van der Waals surface area contributed by atoms with Gasteiger partial charge in [-0.2, -0.15) is 0 Å². The van der Waals surface area contributed by atoms with Crippen molar-refractivity contribution in [2.45, 2.75) is 12.3 Å². The van der Waals surface area contributed by atoms with Crippen LogP contribution in [0.15, 0.2) is 22.7 Å². The number of carbonyl (C=O) groups is 1. The zero-order chi connectivity index (χ0) is 18.0. The van der Waals surface area contributed by atoms with Crippen molar-refractivity contribution in [2.75, 3.05) is 33.6 Å². The molecule has 2 aromatic rings. The number of rotatable bonds is 5. The molecule has 1 saturated heterocycles. The van der Waals surface area contributed by atoms with Gasteiger partial charge < -0.3 is 23.6 Å². The van der Waals surface area contributed by atoms with Crippen molar-refractivity contribution < 1.29 is 23.5 Å². The number of aryl methyl sites for hydroxylation is 1. The van der Waals surface area contributed by atoms with Crippen LogP contribution in [0.5, 0.6) is 17.2 Å². The standard InChI is InChI=1S/C17H20N2O5S/c1-10-7-12(18-24-10)16(20)19-5-6-25-17(19)11-8-14(22-3)15(23-4)9-13(11)21-2/h7-9,17H,5-6H2,1-4H3. The normalized spacial score (nSPS) is 16.8. The van der Waals surface area contributed by atoms with Crippen LogP contribution in [0.3, 0.4) is 0 Å². The van der Waals surface area contributed by atoms with E-state index in [1.807, 2.05) is 6.07 Å². The first-order chi connectivity index (χ1) is 12.1. The molecular formula is C17H20N2O5S. The van der Waals surface area contributed by atoms with Crippen LogP contribution in [0.25, 0.3) is 0 Å². The Kier molecular flexibility index (Phi) is 5.08. The molecule has 7 nitrogen and oxygen atoms in total. The molecule has 0 N–H and O–H groups in total. The molecule has 0 bridgehead atoms. The second-order valence-corrected chi connectivity index (χ2v) is 6.68. The smallest absolute Gasteiger partial charge is 0.277 e. The molecule has 1 aliphatic rings. The highest BCUT2D eigenvalue weighted by molar-refractivity contribution is 7.99. The number of nitrogens with zero attached hydrogens (tertiary/aromatic N) is 2. The molecule has 2 heterocycles. The van der Waals surface area contributed by atoms with Gasteiger partial charge in [0.2, 0.25) is 0 Å². The highest BCUT2D eigenvalue weighted by Crippen LogP contribution is 2.46. The van der Waals surface area contributed by atoms with Gasteiger partial charge >= 0.3 is 0 Å². The van der Waals surface area contributed by atoms with Gasteiger partial charge in [-0.3, -0.25) is 4.79 Å². The first kappa shape index (κ1) is 17.5. The van der Waals surface area contributed by atoms with E-state index < -0.39 is 0 Å². The predicted molar refractivity (Wildman–Crippen MR) is 93.6 cm³/mol. The number of aromatic nitrogens is 1. The van der Waals surface area contributed by atoms with E-state index in [1.54, 1.807) is 57.0 Å². The number of amides is 1. The fourth-order valence-corrected chi connectivity index (χ4v) is 4.07. The molecule has 1 fully saturated rings. The van der Waals surface area contributed by atoms with Gasteiger partial charge in [-0.15, -0.1) is 11.8 Å². The average Bonchev–Trinajstić information content (AvgIpc) is 3.28. The summed E-state index contributed by atoms with van der Waals surface area (Å²) in [6.45, 7) is 2.38. The Labute approximate surface area is 150 Å². The Balaban J connectivity index is 1.98. The minimum absolute atomic E-state index is 0.163. The number of ether oxygens (including phenoxy) is 3.